The molecule has 2 aromatic rings. The minimum atomic E-state index is -0.315. The van der Waals surface area contributed by atoms with Crippen LogP contribution < -0.4 is 5.56 Å². The highest BCUT2D eigenvalue weighted by Gasteiger charge is 2.24. The van der Waals surface area contributed by atoms with Crippen molar-refractivity contribution in [3.8, 4) is 0 Å². The van der Waals surface area contributed by atoms with E-state index in [0.29, 0.717) is 32.9 Å². The van der Waals surface area contributed by atoms with Crippen molar-refractivity contribution in [1.29, 1.82) is 0 Å². The number of fused-ring (bicyclic) bond motifs is 1. The molecule has 22 heavy (non-hydrogen) atoms. The van der Waals surface area contributed by atoms with Gasteiger partial charge in [0, 0.05) is 6.42 Å². The molecule has 0 aromatic carbocycles. The Kier molecular flexibility index (Phi) is 4.29. The third-order valence-electron chi connectivity index (χ3n) is 4.20. The Morgan fingerprint density at radius 2 is 2.09 bits per heavy atom. The molecule has 5 nitrogen and oxygen atoms in total. The van der Waals surface area contributed by atoms with Crippen LogP contribution in [-0.2, 0) is 11.2 Å². The zero-order chi connectivity index (χ0) is 15.7. The van der Waals surface area contributed by atoms with E-state index in [9.17, 15) is 9.59 Å². The monoisotopic (exact) mass is 320 g/mol. The fourth-order valence-corrected chi connectivity index (χ4v) is 4.02. The first kappa shape index (κ1) is 15.2. The molecule has 0 atom stereocenters. The van der Waals surface area contributed by atoms with Gasteiger partial charge in [-0.25, -0.2) is 9.78 Å². The van der Waals surface area contributed by atoms with Crippen LogP contribution in [0, 0.1) is 6.92 Å². The van der Waals surface area contributed by atoms with Gasteiger partial charge in [-0.2, -0.15) is 0 Å². The molecule has 1 saturated carbocycles. The van der Waals surface area contributed by atoms with E-state index in [1.807, 2.05) is 6.92 Å². The number of ether oxygens (including phenoxy) is 1. The molecule has 2 aromatic heterocycles. The molecule has 0 aliphatic heterocycles. The molecule has 0 saturated heterocycles. The number of aromatic amines is 1. The second-order valence-corrected chi connectivity index (χ2v) is 6.77. The van der Waals surface area contributed by atoms with Gasteiger partial charge in [0.15, 0.2) is 0 Å². The number of H-pyrrole nitrogens is 1. The summed E-state index contributed by atoms with van der Waals surface area (Å²) in [6, 6.07) is 0. The van der Waals surface area contributed by atoms with Gasteiger partial charge in [0.05, 0.1) is 5.39 Å². The molecule has 0 unspecified atom stereocenters. The summed E-state index contributed by atoms with van der Waals surface area (Å²) in [6.07, 6.45) is 6.00. The van der Waals surface area contributed by atoms with Gasteiger partial charge in [0.2, 0.25) is 0 Å². The van der Waals surface area contributed by atoms with Crippen molar-refractivity contribution in [1.82, 2.24) is 9.97 Å². The van der Waals surface area contributed by atoms with Crippen molar-refractivity contribution >= 4 is 27.5 Å². The number of aryl methyl sites for hydroxylation is 2. The van der Waals surface area contributed by atoms with E-state index in [1.165, 1.54) is 17.8 Å². The zero-order valence-corrected chi connectivity index (χ0v) is 13.7. The van der Waals surface area contributed by atoms with Crippen molar-refractivity contribution < 1.29 is 9.53 Å². The Morgan fingerprint density at radius 3 is 2.77 bits per heavy atom. The number of thiophene rings is 1. The molecule has 118 valence electrons. The van der Waals surface area contributed by atoms with E-state index >= 15 is 0 Å². The Balaban J connectivity index is 1.93. The lowest BCUT2D eigenvalue weighted by Crippen LogP contribution is -2.20. The molecule has 1 aliphatic carbocycles. The SMILES string of the molecule is CCc1nc2sc(C(=O)OC3CCCCC3)c(C)c2c(=O)[nH]1. The third-order valence-corrected chi connectivity index (χ3v) is 5.36. The highest BCUT2D eigenvalue weighted by atomic mass is 32.1. The molecule has 0 radical (unpaired) electrons. The summed E-state index contributed by atoms with van der Waals surface area (Å²) in [5.41, 5.74) is 0.504. The van der Waals surface area contributed by atoms with E-state index in [0.717, 1.165) is 25.7 Å². The van der Waals surface area contributed by atoms with Gasteiger partial charge in [-0.05, 0) is 38.2 Å². The number of aromatic nitrogens is 2. The van der Waals surface area contributed by atoms with Crippen LogP contribution in [0.4, 0.5) is 0 Å². The summed E-state index contributed by atoms with van der Waals surface area (Å²) in [7, 11) is 0. The molecule has 0 spiro atoms. The number of esters is 1. The molecular formula is C16H20N2O3S. The summed E-state index contributed by atoms with van der Waals surface area (Å²) < 4.78 is 5.62. The number of carbonyl (C=O) groups is 1. The molecule has 1 fully saturated rings. The Bertz CT molecular complexity index is 757. The van der Waals surface area contributed by atoms with Crippen molar-refractivity contribution in [2.24, 2.45) is 0 Å². The number of hydrogen-bond acceptors (Lipinski definition) is 5. The molecule has 3 rings (SSSR count). The van der Waals surface area contributed by atoms with Gasteiger partial charge in [-0.1, -0.05) is 13.3 Å². The second-order valence-electron chi connectivity index (χ2n) is 5.77. The first-order valence-electron chi connectivity index (χ1n) is 7.83. The topological polar surface area (TPSA) is 72.0 Å². The highest BCUT2D eigenvalue weighted by molar-refractivity contribution is 7.20. The molecule has 1 aliphatic rings. The van der Waals surface area contributed by atoms with E-state index in [2.05, 4.69) is 9.97 Å². The molecule has 0 amide bonds. The lowest BCUT2D eigenvalue weighted by atomic mass is 9.98. The summed E-state index contributed by atoms with van der Waals surface area (Å²) in [5, 5.41) is 0.512. The van der Waals surface area contributed by atoms with Crippen LogP contribution in [0.3, 0.4) is 0 Å². The average Bonchev–Trinajstić information content (AvgIpc) is 2.85. The average molecular weight is 320 g/mol. The van der Waals surface area contributed by atoms with Crippen LogP contribution in [0.2, 0.25) is 0 Å². The number of nitrogens with zero attached hydrogens (tertiary/aromatic N) is 1. The maximum atomic E-state index is 12.4. The standard InChI is InChI=1S/C16H20N2O3S/c1-3-11-17-14(19)12-9(2)13(22-15(12)18-11)16(20)21-10-7-5-4-6-8-10/h10H,3-8H2,1-2H3,(H,17,18,19). The molecule has 0 bridgehead atoms. The largest absolute Gasteiger partial charge is 0.458 e. The van der Waals surface area contributed by atoms with E-state index in [1.54, 1.807) is 6.92 Å². The van der Waals surface area contributed by atoms with Crippen molar-refractivity contribution in [2.75, 3.05) is 0 Å². The lowest BCUT2D eigenvalue weighted by molar-refractivity contribution is 0.0216. The molecule has 6 heteroatoms. The Labute approximate surface area is 132 Å². The Morgan fingerprint density at radius 1 is 1.36 bits per heavy atom. The minimum absolute atomic E-state index is 0.0170. The molecular weight excluding hydrogens is 300 g/mol. The van der Waals surface area contributed by atoms with E-state index in [4.69, 9.17) is 4.74 Å². The minimum Gasteiger partial charge on any atom is -0.458 e. The fraction of sp³-hybridized carbons (Fsp3) is 0.562. The number of nitrogens with one attached hydrogen (secondary N) is 1. The van der Waals surface area contributed by atoms with Gasteiger partial charge in [0.1, 0.15) is 21.6 Å². The van der Waals surface area contributed by atoms with Gasteiger partial charge in [-0.15, -0.1) is 11.3 Å². The lowest BCUT2D eigenvalue weighted by Gasteiger charge is -2.21. The third kappa shape index (κ3) is 2.79. The first-order valence-corrected chi connectivity index (χ1v) is 8.65. The van der Waals surface area contributed by atoms with E-state index in [-0.39, 0.29) is 17.6 Å². The molecule has 2 heterocycles. The van der Waals surface area contributed by atoms with Crippen LogP contribution in [0.15, 0.2) is 4.79 Å². The quantitative estimate of drug-likeness (QED) is 0.880. The second kappa shape index (κ2) is 6.20. The first-order chi connectivity index (χ1) is 10.6. The fourth-order valence-electron chi connectivity index (χ4n) is 2.94. The zero-order valence-electron chi connectivity index (χ0n) is 12.9. The van der Waals surface area contributed by atoms with Gasteiger partial charge in [-0.3, -0.25) is 4.79 Å². The summed E-state index contributed by atoms with van der Waals surface area (Å²) >= 11 is 1.26. The maximum Gasteiger partial charge on any atom is 0.348 e. The highest BCUT2D eigenvalue weighted by Crippen LogP contribution is 2.29. The predicted molar refractivity (Wildman–Crippen MR) is 86.6 cm³/mol. The predicted octanol–water partition coefficient (Wildman–Crippen LogP) is 3.34. The van der Waals surface area contributed by atoms with Crippen molar-refractivity contribution in [3.05, 3.63) is 26.6 Å². The van der Waals surface area contributed by atoms with Crippen molar-refractivity contribution in [2.45, 2.75) is 58.5 Å². The Hall–Kier alpha value is -1.69. The van der Waals surface area contributed by atoms with Crippen LogP contribution >= 0.6 is 11.3 Å². The van der Waals surface area contributed by atoms with Crippen LogP contribution in [0.1, 0.15) is 60.1 Å². The van der Waals surface area contributed by atoms with Crippen LogP contribution in [0.5, 0.6) is 0 Å². The normalized spacial score (nSPS) is 16.1. The smallest absolute Gasteiger partial charge is 0.348 e. The van der Waals surface area contributed by atoms with Gasteiger partial charge in [0.25, 0.3) is 5.56 Å². The summed E-state index contributed by atoms with van der Waals surface area (Å²) in [6.45, 7) is 3.72. The van der Waals surface area contributed by atoms with Crippen LogP contribution in [0.25, 0.3) is 10.2 Å². The summed E-state index contributed by atoms with van der Waals surface area (Å²) in [4.78, 5) is 32.9. The van der Waals surface area contributed by atoms with Crippen molar-refractivity contribution in [3.63, 3.8) is 0 Å². The number of hydrogen-bond donors (Lipinski definition) is 1. The van der Waals surface area contributed by atoms with Gasteiger partial charge >= 0.3 is 5.97 Å². The number of rotatable bonds is 3. The summed E-state index contributed by atoms with van der Waals surface area (Å²) in [5.74, 6) is 0.329. The molecule has 1 N–H and O–H groups in total. The van der Waals surface area contributed by atoms with E-state index < -0.39 is 0 Å². The van der Waals surface area contributed by atoms with Gasteiger partial charge < -0.3 is 9.72 Å². The number of carbonyl (C=O) groups excluding carboxylic acids is 1. The van der Waals surface area contributed by atoms with Crippen LogP contribution in [-0.4, -0.2) is 22.0 Å². The maximum absolute atomic E-state index is 12.4.